The first-order chi connectivity index (χ1) is 10.6. The standard InChI is InChI=1S/C17H23N3O2/c1-19(2)11-6-9-16(21)18-15-10-12-20(13-15)17(22)14-7-4-3-5-8-14/h3-9,15H,10-13H2,1-2H3,(H,18,21)/b9-6+. The van der Waals surface area contributed by atoms with Crippen LogP contribution in [0.5, 0.6) is 0 Å². The fraction of sp³-hybridized carbons (Fsp3) is 0.412. The van der Waals surface area contributed by atoms with Gasteiger partial charge in [-0.25, -0.2) is 0 Å². The fourth-order valence-corrected chi connectivity index (χ4v) is 2.45. The Morgan fingerprint density at radius 1 is 1.32 bits per heavy atom. The molecule has 1 atom stereocenters. The molecule has 1 unspecified atom stereocenters. The van der Waals surface area contributed by atoms with Crippen molar-refractivity contribution in [2.75, 3.05) is 33.7 Å². The number of nitrogens with zero attached hydrogens (tertiary/aromatic N) is 2. The minimum Gasteiger partial charge on any atom is -0.348 e. The first kappa shape index (κ1) is 16.2. The third-order valence-electron chi connectivity index (χ3n) is 3.58. The Bertz CT molecular complexity index is 540. The van der Waals surface area contributed by atoms with Crippen molar-refractivity contribution >= 4 is 11.8 Å². The maximum absolute atomic E-state index is 12.3. The summed E-state index contributed by atoms with van der Waals surface area (Å²) in [5.41, 5.74) is 0.695. The molecule has 1 aliphatic heterocycles. The first-order valence-corrected chi connectivity index (χ1v) is 7.52. The monoisotopic (exact) mass is 301 g/mol. The lowest BCUT2D eigenvalue weighted by atomic mass is 10.2. The van der Waals surface area contributed by atoms with Crippen LogP contribution in [0.1, 0.15) is 16.8 Å². The van der Waals surface area contributed by atoms with E-state index in [4.69, 9.17) is 0 Å². The zero-order valence-electron chi connectivity index (χ0n) is 13.2. The van der Waals surface area contributed by atoms with Crippen LogP contribution in [-0.2, 0) is 4.79 Å². The van der Waals surface area contributed by atoms with E-state index in [2.05, 4.69) is 5.32 Å². The highest BCUT2D eigenvalue weighted by molar-refractivity contribution is 5.94. The van der Waals surface area contributed by atoms with Gasteiger partial charge in [-0.3, -0.25) is 9.59 Å². The molecule has 5 nitrogen and oxygen atoms in total. The number of hydrogen-bond acceptors (Lipinski definition) is 3. The second-order valence-corrected chi connectivity index (χ2v) is 5.78. The Balaban J connectivity index is 1.81. The molecule has 2 rings (SSSR count). The Morgan fingerprint density at radius 3 is 2.73 bits per heavy atom. The van der Waals surface area contributed by atoms with Crippen LogP contribution in [-0.4, -0.2) is 61.4 Å². The molecule has 1 heterocycles. The molecule has 1 aromatic carbocycles. The molecule has 0 radical (unpaired) electrons. The highest BCUT2D eigenvalue weighted by Crippen LogP contribution is 2.13. The van der Waals surface area contributed by atoms with Gasteiger partial charge >= 0.3 is 0 Å². The van der Waals surface area contributed by atoms with E-state index in [1.54, 1.807) is 11.0 Å². The summed E-state index contributed by atoms with van der Waals surface area (Å²) < 4.78 is 0. The fourth-order valence-electron chi connectivity index (χ4n) is 2.45. The van der Waals surface area contributed by atoms with Crippen molar-refractivity contribution in [1.29, 1.82) is 0 Å². The van der Waals surface area contributed by atoms with E-state index in [1.807, 2.05) is 55.4 Å². The van der Waals surface area contributed by atoms with Gasteiger partial charge in [0.25, 0.3) is 5.91 Å². The van der Waals surface area contributed by atoms with Crippen LogP contribution >= 0.6 is 0 Å². The lowest BCUT2D eigenvalue weighted by Gasteiger charge is -2.16. The quantitative estimate of drug-likeness (QED) is 0.830. The topological polar surface area (TPSA) is 52.7 Å². The van der Waals surface area contributed by atoms with E-state index in [9.17, 15) is 9.59 Å². The molecule has 1 aromatic rings. The van der Waals surface area contributed by atoms with Gasteiger partial charge in [-0.05, 0) is 32.6 Å². The zero-order chi connectivity index (χ0) is 15.9. The summed E-state index contributed by atoms with van der Waals surface area (Å²) in [5, 5.41) is 2.95. The smallest absolute Gasteiger partial charge is 0.253 e. The van der Waals surface area contributed by atoms with Crippen LogP contribution in [0.2, 0.25) is 0 Å². The van der Waals surface area contributed by atoms with Gasteiger partial charge in [0.2, 0.25) is 5.91 Å². The van der Waals surface area contributed by atoms with Gasteiger partial charge < -0.3 is 15.1 Å². The molecule has 22 heavy (non-hydrogen) atoms. The van der Waals surface area contributed by atoms with Crippen molar-refractivity contribution in [3.63, 3.8) is 0 Å². The lowest BCUT2D eigenvalue weighted by molar-refractivity contribution is -0.117. The molecular weight excluding hydrogens is 278 g/mol. The number of amides is 2. The number of rotatable bonds is 5. The van der Waals surface area contributed by atoms with Gasteiger partial charge in [0.1, 0.15) is 0 Å². The van der Waals surface area contributed by atoms with Crippen molar-refractivity contribution in [2.45, 2.75) is 12.5 Å². The van der Waals surface area contributed by atoms with Crippen LogP contribution in [0.25, 0.3) is 0 Å². The van der Waals surface area contributed by atoms with Gasteiger partial charge in [-0.2, -0.15) is 0 Å². The molecule has 0 aliphatic carbocycles. The van der Waals surface area contributed by atoms with E-state index in [0.29, 0.717) is 18.7 Å². The molecule has 0 aromatic heterocycles. The Labute approximate surface area is 131 Å². The summed E-state index contributed by atoms with van der Waals surface area (Å²) in [6.07, 6.45) is 4.19. The van der Waals surface area contributed by atoms with Crippen LogP contribution in [0.15, 0.2) is 42.5 Å². The number of benzene rings is 1. The van der Waals surface area contributed by atoms with E-state index >= 15 is 0 Å². The minimum atomic E-state index is -0.0964. The second-order valence-electron chi connectivity index (χ2n) is 5.78. The molecule has 1 N–H and O–H groups in total. The normalized spacial score (nSPS) is 18.1. The van der Waals surface area contributed by atoms with Crippen molar-refractivity contribution < 1.29 is 9.59 Å². The average molecular weight is 301 g/mol. The molecule has 1 fully saturated rings. The van der Waals surface area contributed by atoms with E-state index < -0.39 is 0 Å². The molecule has 5 heteroatoms. The van der Waals surface area contributed by atoms with Crippen molar-refractivity contribution in [3.05, 3.63) is 48.0 Å². The molecule has 1 aliphatic rings. The van der Waals surface area contributed by atoms with Crippen LogP contribution in [0.3, 0.4) is 0 Å². The van der Waals surface area contributed by atoms with E-state index in [1.165, 1.54) is 0 Å². The summed E-state index contributed by atoms with van der Waals surface area (Å²) in [6, 6.07) is 9.28. The van der Waals surface area contributed by atoms with Crippen LogP contribution < -0.4 is 5.32 Å². The molecular formula is C17H23N3O2. The largest absolute Gasteiger partial charge is 0.348 e. The zero-order valence-corrected chi connectivity index (χ0v) is 13.2. The summed E-state index contributed by atoms with van der Waals surface area (Å²) in [6.45, 7) is 1.98. The maximum atomic E-state index is 12.3. The van der Waals surface area contributed by atoms with E-state index in [-0.39, 0.29) is 17.9 Å². The van der Waals surface area contributed by atoms with Crippen molar-refractivity contribution in [3.8, 4) is 0 Å². The predicted molar refractivity (Wildman–Crippen MR) is 86.6 cm³/mol. The number of carbonyl (C=O) groups excluding carboxylic acids is 2. The third kappa shape index (κ3) is 4.70. The molecule has 1 saturated heterocycles. The summed E-state index contributed by atoms with van der Waals surface area (Å²) in [4.78, 5) is 27.9. The molecule has 0 saturated carbocycles. The highest BCUT2D eigenvalue weighted by atomic mass is 16.2. The second kappa shape index (κ2) is 7.75. The Morgan fingerprint density at radius 2 is 2.05 bits per heavy atom. The van der Waals surface area contributed by atoms with Crippen LogP contribution in [0.4, 0.5) is 0 Å². The van der Waals surface area contributed by atoms with Crippen molar-refractivity contribution in [1.82, 2.24) is 15.1 Å². The Kier molecular flexibility index (Phi) is 5.72. The molecule has 118 valence electrons. The predicted octanol–water partition coefficient (Wildman–Crippen LogP) is 1.14. The number of nitrogens with one attached hydrogen (secondary N) is 1. The number of likely N-dealkylation sites (tertiary alicyclic amines) is 1. The van der Waals surface area contributed by atoms with Crippen LogP contribution in [0, 0.1) is 0 Å². The van der Waals surface area contributed by atoms with Gasteiger partial charge in [-0.1, -0.05) is 24.3 Å². The molecule has 0 bridgehead atoms. The molecule has 0 spiro atoms. The Hall–Kier alpha value is -2.14. The first-order valence-electron chi connectivity index (χ1n) is 7.52. The molecule has 2 amide bonds. The number of likely N-dealkylation sites (N-methyl/N-ethyl adjacent to an activating group) is 1. The van der Waals surface area contributed by atoms with E-state index in [0.717, 1.165) is 13.0 Å². The number of carbonyl (C=O) groups is 2. The SMILES string of the molecule is CN(C)C/C=C/C(=O)NC1CCN(C(=O)c2ccccc2)C1. The summed E-state index contributed by atoms with van der Waals surface area (Å²) >= 11 is 0. The maximum Gasteiger partial charge on any atom is 0.253 e. The van der Waals surface area contributed by atoms with Gasteiger partial charge in [0.05, 0.1) is 0 Å². The summed E-state index contributed by atoms with van der Waals surface area (Å²) in [7, 11) is 3.90. The highest BCUT2D eigenvalue weighted by Gasteiger charge is 2.27. The minimum absolute atomic E-state index is 0.0282. The van der Waals surface area contributed by atoms with Gasteiger partial charge in [0, 0.05) is 37.3 Å². The van der Waals surface area contributed by atoms with Gasteiger partial charge in [-0.15, -0.1) is 0 Å². The van der Waals surface area contributed by atoms with Crippen molar-refractivity contribution in [2.24, 2.45) is 0 Å². The average Bonchev–Trinajstić information content (AvgIpc) is 2.95. The number of hydrogen-bond donors (Lipinski definition) is 1. The van der Waals surface area contributed by atoms with Gasteiger partial charge in [0.15, 0.2) is 0 Å². The lowest BCUT2D eigenvalue weighted by Crippen LogP contribution is -2.37. The summed E-state index contributed by atoms with van der Waals surface area (Å²) in [5.74, 6) is -0.0682. The third-order valence-corrected chi connectivity index (χ3v) is 3.58.